The molecule has 0 saturated heterocycles. The zero-order chi connectivity index (χ0) is 19.7. The molecule has 0 heterocycles. The number of hydrogen-bond acceptors (Lipinski definition) is 5. The highest BCUT2D eigenvalue weighted by atomic mass is 79.9. The molecule has 2 aromatic rings. The van der Waals surface area contributed by atoms with Crippen LogP contribution in [0.4, 0.5) is 0 Å². The number of ether oxygens (including phenoxy) is 1. The molecule has 7 heteroatoms. The Bertz CT molecular complexity index is 760. The second kappa shape index (κ2) is 11.7. The van der Waals surface area contributed by atoms with Gasteiger partial charge in [0.2, 0.25) is 0 Å². The molecule has 2 aromatic carbocycles. The molecule has 6 nitrogen and oxygen atoms in total. The Balaban J connectivity index is 0.00000392. The van der Waals surface area contributed by atoms with Crippen molar-refractivity contribution in [2.75, 3.05) is 46.5 Å². The van der Waals surface area contributed by atoms with Crippen molar-refractivity contribution in [3.63, 3.8) is 0 Å². The van der Waals surface area contributed by atoms with Gasteiger partial charge in [0.15, 0.2) is 5.78 Å². The summed E-state index contributed by atoms with van der Waals surface area (Å²) < 4.78 is 5.77. The number of carbonyl (C=O) groups is 2. The Kier molecular flexibility index (Phi) is 10.0. The fraction of sp³-hybridized carbons (Fsp3) is 0.333. The third-order valence-corrected chi connectivity index (χ3v) is 4.57. The van der Waals surface area contributed by atoms with Gasteiger partial charge < -0.3 is 36.4 Å². The summed E-state index contributed by atoms with van der Waals surface area (Å²) in [6, 6.07) is 15.4. The lowest BCUT2D eigenvalue weighted by atomic mass is 9.98. The van der Waals surface area contributed by atoms with Crippen LogP contribution in [0.2, 0.25) is 0 Å². The van der Waals surface area contributed by atoms with Crippen molar-refractivity contribution >= 4 is 11.8 Å². The van der Waals surface area contributed by atoms with Gasteiger partial charge in [0, 0.05) is 11.1 Å². The van der Waals surface area contributed by atoms with Crippen LogP contribution in [-0.4, -0.2) is 73.0 Å². The van der Waals surface area contributed by atoms with Crippen LogP contribution < -0.4 is 17.0 Å². The van der Waals surface area contributed by atoms with Gasteiger partial charge in [-0.05, 0) is 6.07 Å². The molecule has 0 aliphatic heterocycles. The first-order valence-corrected chi connectivity index (χ1v) is 8.92. The largest absolute Gasteiger partial charge is 1.00 e. The zero-order valence-electron chi connectivity index (χ0n) is 15.9. The predicted molar refractivity (Wildman–Crippen MR) is 102 cm³/mol. The number of carbonyl (C=O) groups excluding carboxylic acids is 2. The molecule has 0 aromatic heterocycles. The van der Waals surface area contributed by atoms with Crippen molar-refractivity contribution in [3.05, 3.63) is 71.3 Å². The third-order valence-electron chi connectivity index (χ3n) is 4.57. The first kappa shape index (κ1) is 24.0. The van der Waals surface area contributed by atoms with Gasteiger partial charge in [-0.1, -0.05) is 48.5 Å². The van der Waals surface area contributed by atoms with E-state index in [0.717, 1.165) is 0 Å². The Hall–Kier alpha value is -2.06. The average molecular weight is 452 g/mol. The number of halogens is 1. The van der Waals surface area contributed by atoms with E-state index in [4.69, 9.17) is 4.74 Å². The maximum Gasteiger partial charge on any atom is 0.339 e. The van der Waals surface area contributed by atoms with Crippen molar-refractivity contribution in [1.82, 2.24) is 0 Å². The minimum absolute atomic E-state index is 0. The van der Waals surface area contributed by atoms with E-state index in [1.165, 1.54) is 0 Å². The van der Waals surface area contributed by atoms with Crippen LogP contribution in [0.1, 0.15) is 26.3 Å². The van der Waals surface area contributed by atoms with E-state index < -0.39 is 5.97 Å². The van der Waals surface area contributed by atoms with Crippen LogP contribution in [0, 0.1) is 0 Å². The molecule has 0 bridgehead atoms. The van der Waals surface area contributed by atoms with Crippen molar-refractivity contribution in [3.8, 4) is 0 Å². The fourth-order valence-corrected chi connectivity index (χ4v) is 2.86. The highest BCUT2D eigenvalue weighted by molar-refractivity contribution is 6.14. The van der Waals surface area contributed by atoms with Crippen LogP contribution >= 0.6 is 0 Å². The summed E-state index contributed by atoms with van der Waals surface area (Å²) in [6.07, 6.45) is 0. The summed E-state index contributed by atoms with van der Waals surface area (Å²) in [5, 5.41) is 18.4. The average Bonchev–Trinajstić information content (AvgIpc) is 2.68. The van der Waals surface area contributed by atoms with Crippen LogP contribution in [0.25, 0.3) is 0 Å². The number of benzene rings is 2. The maximum absolute atomic E-state index is 12.7. The number of hydrogen-bond donors (Lipinski definition) is 2. The van der Waals surface area contributed by atoms with E-state index >= 15 is 0 Å². The van der Waals surface area contributed by atoms with Gasteiger partial charge in [-0.2, -0.15) is 0 Å². The number of aliphatic hydroxyl groups excluding tert-OH is 2. The molecule has 0 spiro atoms. The van der Waals surface area contributed by atoms with Crippen molar-refractivity contribution in [1.29, 1.82) is 0 Å². The Labute approximate surface area is 175 Å². The van der Waals surface area contributed by atoms with E-state index in [1.54, 1.807) is 48.5 Å². The topological polar surface area (TPSA) is 83.8 Å². The molecule has 0 saturated carbocycles. The molecule has 0 amide bonds. The first-order valence-electron chi connectivity index (χ1n) is 8.92. The molecule has 0 aliphatic rings. The van der Waals surface area contributed by atoms with Crippen LogP contribution in [0.15, 0.2) is 54.6 Å². The number of aliphatic hydroxyl groups is 2. The molecular weight excluding hydrogens is 426 g/mol. The molecule has 0 aliphatic carbocycles. The van der Waals surface area contributed by atoms with Gasteiger partial charge in [-0.15, -0.1) is 0 Å². The Morgan fingerprint density at radius 1 is 0.857 bits per heavy atom. The van der Waals surface area contributed by atoms with Crippen molar-refractivity contribution < 1.29 is 46.0 Å². The number of esters is 1. The van der Waals surface area contributed by atoms with Gasteiger partial charge in [0.25, 0.3) is 0 Å². The second-order valence-electron chi connectivity index (χ2n) is 6.61. The molecule has 28 heavy (non-hydrogen) atoms. The van der Waals surface area contributed by atoms with Gasteiger partial charge in [0.1, 0.15) is 26.2 Å². The second-order valence-corrected chi connectivity index (χ2v) is 6.61. The zero-order valence-corrected chi connectivity index (χ0v) is 17.5. The molecule has 0 radical (unpaired) electrons. The first-order chi connectivity index (χ1) is 13.0. The lowest BCUT2D eigenvalue weighted by molar-refractivity contribution is -0.910. The van der Waals surface area contributed by atoms with Crippen molar-refractivity contribution in [2.24, 2.45) is 0 Å². The fourth-order valence-electron chi connectivity index (χ4n) is 2.86. The highest BCUT2D eigenvalue weighted by Crippen LogP contribution is 2.16. The van der Waals surface area contributed by atoms with E-state index in [2.05, 4.69) is 0 Å². The smallest absolute Gasteiger partial charge is 0.339 e. The number of rotatable bonds is 10. The summed E-state index contributed by atoms with van der Waals surface area (Å²) in [4.78, 5) is 25.2. The molecule has 152 valence electrons. The molecule has 2 rings (SSSR count). The molecular formula is C21H26BrNO5. The third kappa shape index (κ3) is 6.53. The quantitative estimate of drug-likeness (QED) is 0.261. The maximum atomic E-state index is 12.7. The number of nitrogens with zero attached hydrogens (tertiary/aromatic N) is 1. The van der Waals surface area contributed by atoms with Crippen LogP contribution in [0.3, 0.4) is 0 Å². The summed E-state index contributed by atoms with van der Waals surface area (Å²) in [5.41, 5.74) is 1.04. The molecule has 2 N–H and O–H groups in total. The van der Waals surface area contributed by atoms with Crippen molar-refractivity contribution in [2.45, 2.75) is 0 Å². The van der Waals surface area contributed by atoms with Gasteiger partial charge in [-0.3, -0.25) is 4.79 Å². The van der Waals surface area contributed by atoms with Crippen LogP contribution in [-0.2, 0) is 4.74 Å². The summed E-state index contributed by atoms with van der Waals surface area (Å²) in [5.74, 6) is -0.793. The van der Waals surface area contributed by atoms with Gasteiger partial charge in [0.05, 0.1) is 25.8 Å². The Morgan fingerprint density at radius 3 is 1.96 bits per heavy atom. The lowest BCUT2D eigenvalue weighted by Crippen LogP contribution is -3.00. The molecule has 0 unspecified atom stereocenters. The lowest BCUT2D eigenvalue weighted by Gasteiger charge is -2.33. The summed E-state index contributed by atoms with van der Waals surface area (Å²) >= 11 is 0. The number of likely N-dealkylation sites (N-methyl/N-ethyl adjacent to an activating group) is 1. The molecule has 0 fully saturated rings. The standard InChI is InChI=1S/C21H26NO5.BrH/c1-22(11-14-23,12-15-24)13-16-27-21(26)19-10-6-5-9-18(19)20(25)17-7-3-2-4-8-17;/h2-10,23-24H,11-16H2,1H3;1H/q+1;/p-1. The summed E-state index contributed by atoms with van der Waals surface area (Å²) in [6.45, 7) is 1.48. The van der Waals surface area contributed by atoms with E-state index in [0.29, 0.717) is 35.2 Å². The predicted octanol–water partition coefficient (Wildman–Crippen LogP) is -1.49. The summed E-state index contributed by atoms with van der Waals surface area (Å²) in [7, 11) is 1.88. The Morgan fingerprint density at radius 2 is 1.39 bits per heavy atom. The van der Waals surface area contributed by atoms with Gasteiger partial charge in [-0.25, -0.2) is 4.79 Å². The minimum Gasteiger partial charge on any atom is -1.00 e. The monoisotopic (exact) mass is 451 g/mol. The highest BCUT2D eigenvalue weighted by Gasteiger charge is 2.23. The number of quaternary nitrogens is 1. The SMILES string of the molecule is C[N+](CCO)(CCO)CCOC(=O)c1ccccc1C(=O)c1ccccc1.[Br-]. The van der Waals surface area contributed by atoms with Crippen LogP contribution in [0.5, 0.6) is 0 Å². The normalized spacial score (nSPS) is 10.8. The molecule has 0 atom stereocenters. The number of ketones is 1. The minimum atomic E-state index is -0.561. The van der Waals surface area contributed by atoms with E-state index in [9.17, 15) is 19.8 Å². The van der Waals surface area contributed by atoms with E-state index in [-0.39, 0.29) is 48.1 Å². The van der Waals surface area contributed by atoms with E-state index in [1.807, 2.05) is 13.1 Å². The van der Waals surface area contributed by atoms with Gasteiger partial charge >= 0.3 is 5.97 Å².